The van der Waals surface area contributed by atoms with E-state index in [-0.39, 0.29) is 0 Å². The average molecular weight is 179 g/mol. The van der Waals surface area contributed by atoms with Crippen LogP contribution < -0.4 is 0 Å². The Balaban J connectivity index is 1.81. The molecule has 0 aliphatic heterocycles. The van der Waals surface area contributed by atoms with E-state index in [1.807, 2.05) is 5.92 Å². The SMILES string of the molecule is CCCCCC12CC[C](CC1)CC2. The van der Waals surface area contributed by atoms with E-state index in [0.29, 0.717) is 0 Å². The minimum atomic E-state index is 0.816. The van der Waals surface area contributed by atoms with Crippen molar-refractivity contribution < 1.29 is 0 Å². The monoisotopic (exact) mass is 179 g/mol. The molecule has 0 heteroatoms. The molecule has 0 atom stereocenters. The lowest BCUT2D eigenvalue weighted by Crippen LogP contribution is -2.32. The summed E-state index contributed by atoms with van der Waals surface area (Å²) >= 11 is 0. The van der Waals surface area contributed by atoms with Gasteiger partial charge in [-0.3, -0.25) is 0 Å². The van der Waals surface area contributed by atoms with Gasteiger partial charge >= 0.3 is 0 Å². The van der Waals surface area contributed by atoms with Crippen molar-refractivity contribution in [1.82, 2.24) is 0 Å². The summed E-state index contributed by atoms with van der Waals surface area (Å²) < 4.78 is 0. The number of hydrogen-bond acceptors (Lipinski definition) is 0. The standard InChI is InChI=1S/C13H23/c1-2-3-4-8-13-9-5-12(6-10-13)7-11-13/h2-11H2,1H3. The fourth-order valence-electron chi connectivity index (χ4n) is 3.20. The van der Waals surface area contributed by atoms with Gasteiger partial charge < -0.3 is 0 Å². The zero-order chi connectivity index (χ0) is 9.15. The van der Waals surface area contributed by atoms with Gasteiger partial charge in [0, 0.05) is 0 Å². The largest absolute Gasteiger partial charge is 0.0654 e. The van der Waals surface area contributed by atoms with Gasteiger partial charge in [-0.2, -0.15) is 0 Å². The molecular weight excluding hydrogens is 156 g/mol. The Kier molecular flexibility index (Phi) is 2.96. The van der Waals surface area contributed by atoms with E-state index in [1.54, 1.807) is 0 Å². The molecule has 0 saturated heterocycles. The Bertz CT molecular complexity index is 138. The van der Waals surface area contributed by atoms with Crippen molar-refractivity contribution in [3.8, 4) is 0 Å². The molecule has 0 aromatic carbocycles. The van der Waals surface area contributed by atoms with Gasteiger partial charge in [0.2, 0.25) is 0 Å². The Hall–Kier alpha value is 0. The van der Waals surface area contributed by atoms with Crippen LogP contribution in [0, 0.1) is 11.3 Å². The number of unbranched alkanes of at least 4 members (excludes halogenated alkanes) is 2. The minimum Gasteiger partial charge on any atom is -0.0654 e. The number of fused-ring (bicyclic) bond motifs is 3. The summed E-state index contributed by atoms with van der Waals surface area (Å²) in [5, 5.41) is 0. The van der Waals surface area contributed by atoms with Crippen molar-refractivity contribution in [2.75, 3.05) is 0 Å². The molecule has 2 bridgehead atoms. The van der Waals surface area contributed by atoms with Gasteiger partial charge in [0.15, 0.2) is 0 Å². The lowest BCUT2D eigenvalue weighted by molar-refractivity contribution is 0.116. The number of rotatable bonds is 4. The number of hydrogen-bond donors (Lipinski definition) is 0. The summed E-state index contributed by atoms with van der Waals surface area (Å²) in [6.07, 6.45) is 14.9. The van der Waals surface area contributed by atoms with Crippen LogP contribution in [0.2, 0.25) is 0 Å². The molecule has 0 aromatic rings. The Labute approximate surface area is 83.1 Å². The van der Waals surface area contributed by atoms with Crippen molar-refractivity contribution in [2.24, 2.45) is 5.41 Å². The van der Waals surface area contributed by atoms with E-state index in [0.717, 1.165) is 5.41 Å². The highest BCUT2D eigenvalue weighted by Crippen LogP contribution is 2.53. The molecule has 0 spiro atoms. The van der Waals surface area contributed by atoms with Crippen molar-refractivity contribution in [1.29, 1.82) is 0 Å². The van der Waals surface area contributed by atoms with Crippen LogP contribution in [-0.4, -0.2) is 0 Å². The van der Waals surface area contributed by atoms with Gasteiger partial charge in [-0.1, -0.05) is 26.2 Å². The third-order valence-corrected chi connectivity index (χ3v) is 4.34. The second kappa shape index (κ2) is 4.02. The second-order valence-corrected chi connectivity index (χ2v) is 5.21. The summed E-state index contributed by atoms with van der Waals surface area (Å²) in [4.78, 5) is 0. The highest BCUT2D eigenvalue weighted by molar-refractivity contribution is 5.05. The smallest absolute Gasteiger partial charge is 0.0240 e. The molecule has 0 unspecified atom stereocenters. The van der Waals surface area contributed by atoms with E-state index in [9.17, 15) is 0 Å². The topological polar surface area (TPSA) is 0 Å². The first kappa shape index (κ1) is 9.55. The van der Waals surface area contributed by atoms with E-state index < -0.39 is 0 Å². The molecule has 0 heterocycles. The van der Waals surface area contributed by atoms with Crippen LogP contribution >= 0.6 is 0 Å². The molecule has 75 valence electrons. The third-order valence-electron chi connectivity index (χ3n) is 4.34. The molecule has 3 aliphatic carbocycles. The second-order valence-electron chi connectivity index (χ2n) is 5.21. The molecular formula is C13H23. The first-order valence-electron chi connectivity index (χ1n) is 6.18. The predicted octanol–water partition coefficient (Wildman–Crippen LogP) is 4.50. The van der Waals surface area contributed by atoms with Crippen LogP contribution in [-0.2, 0) is 0 Å². The summed E-state index contributed by atoms with van der Waals surface area (Å²) in [5.41, 5.74) is 0.816. The Morgan fingerprint density at radius 1 is 1.00 bits per heavy atom. The van der Waals surface area contributed by atoms with E-state index in [1.165, 1.54) is 64.2 Å². The third kappa shape index (κ3) is 2.08. The predicted molar refractivity (Wildman–Crippen MR) is 57.5 cm³/mol. The lowest BCUT2D eigenvalue weighted by atomic mass is 9.59. The van der Waals surface area contributed by atoms with E-state index in [4.69, 9.17) is 0 Å². The van der Waals surface area contributed by atoms with Gasteiger partial charge in [0.1, 0.15) is 0 Å². The highest BCUT2D eigenvalue weighted by Gasteiger charge is 2.39. The highest BCUT2D eigenvalue weighted by atomic mass is 14.4. The Morgan fingerprint density at radius 3 is 2.15 bits per heavy atom. The van der Waals surface area contributed by atoms with Crippen molar-refractivity contribution >= 4 is 0 Å². The van der Waals surface area contributed by atoms with Gasteiger partial charge in [-0.25, -0.2) is 0 Å². The average Bonchev–Trinajstić information content (AvgIpc) is 2.21. The van der Waals surface area contributed by atoms with Crippen LogP contribution in [0.3, 0.4) is 0 Å². The Morgan fingerprint density at radius 2 is 1.62 bits per heavy atom. The van der Waals surface area contributed by atoms with Crippen LogP contribution in [0.15, 0.2) is 0 Å². The molecule has 3 aliphatic rings. The summed E-state index contributed by atoms with van der Waals surface area (Å²) in [5.74, 6) is 1.89. The molecule has 1 radical (unpaired) electrons. The normalized spacial score (nSPS) is 26.5. The molecule has 13 heavy (non-hydrogen) atoms. The van der Waals surface area contributed by atoms with Gasteiger partial charge in [0.25, 0.3) is 0 Å². The van der Waals surface area contributed by atoms with E-state index >= 15 is 0 Å². The minimum absolute atomic E-state index is 0.816. The lowest BCUT2D eigenvalue weighted by Gasteiger charge is -2.46. The quantitative estimate of drug-likeness (QED) is 0.558. The fourth-order valence-corrected chi connectivity index (χ4v) is 3.20. The summed E-state index contributed by atoms with van der Waals surface area (Å²) in [7, 11) is 0. The molecule has 0 nitrogen and oxygen atoms in total. The van der Waals surface area contributed by atoms with Gasteiger partial charge in [0.05, 0.1) is 0 Å². The first-order chi connectivity index (χ1) is 6.35. The molecule has 3 saturated carbocycles. The first-order valence-corrected chi connectivity index (χ1v) is 6.18. The maximum absolute atomic E-state index is 2.31. The molecule has 3 fully saturated rings. The summed E-state index contributed by atoms with van der Waals surface area (Å²) in [6, 6.07) is 0. The molecule has 0 N–H and O–H groups in total. The van der Waals surface area contributed by atoms with Gasteiger partial charge in [-0.05, 0) is 56.3 Å². The maximum atomic E-state index is 2.31. The zero-order valence-electron chi connectivity index (χ0n) is 9.07. The summed E-state index contributed by atoms with van der Waals surface area (Å²) in [6.45, 7) is 2.31. The molecule has 0 amide bonds. The van der Waals surface area contributed by atoms with Crippen LogP contribution in [0.1, 0.15) is 71.1 Å². The van der Waals surface area contributed by atoms with Crippen molar-refractivity contribution in [2.45, 2.75) is 71.1 Å². The van der Waals surface area contributed by atoms with Crippen molar-refractivity contribution in [3.05, 3.63) is 5.92 Å². The zero-order valence-corrected chi connectivity index (χ0v) is 9.07. The van der Waals surface area contributed by atoms with Gasteiger partial charge in [-0.15, -0.1) is 0 Å². The van der Waals surface area contributed by atoms with E-state index in [2.05, 4.69) is 6.92 Å². The van der Waals surface area contributed by atoms with Crippen molar-refractivity contribution in [3.63, 3.8) is 0 Å². The maximum Gasteiger partial charge on any atom is -0.0240 e. The van der Waals surface area contributed by atoms with Crippen LogP contribution in [0.4, 0.5) is 0 Å². The van der Waals surface area contributed by atoms with Crippen LogP contribution in [0.5, 0.6) is 0 Å². The molecule has 3 rings (SSSR count). The fraction of sp³-hybridized carbons (Fsp3) is 0.923. The van der Waals surface area contributed by atoms with Crippen LogP contribution in [0.25, 0.3) is 0 Å². The molecule has 0 aromatic heterocycles.